The first-order chi connectivity index (χ1) is 8.49. The maximum atomic E-state index is 12.4. The molecule has 5 heteroatoms. The van der Waals surface area contributed by atoms with Crippen LogP contribution in [0.1, 0.15) is 23.7 Å². The van der Waals surface area contributed by atoms with E-state index >= 15 is 0 Å². The zero-order valence-corrected chi connectivity index (χ0v) is 13.1. The lowest BCUT2D eigenvalue weighted by atomic mass is 9.98. The summed E-state index contributed by atoms with van der Waals surface area (Å²) in [4.78, 5) is 14.2. The summed E-state index contributed by atoms with van der Waals surface area (Å²) in [7, 11) is 0. The van der Waals surface area contributed by atoms with E-state index in [1.54, 1.807) is 17.0 Å². The zero-order valence-electron chi connectivity index (χ0n) is 10.00. The summed E-state index contributed by atoms with van der Waals surface area (Å²) in [6.07, 6.45) is 0.936. The van der Waals surface area contributed by atoms with Gasteiger partial charge < -0.3 is 4.90 Å². The first-order valence-electron chi connectivity index (χ1n) is 5.87. The third-order valence-corrected chi connectivity index (χ3v) is 4.70. The molecule has 0 bridgehead atoms. The number of benzene rings is 1. The Bertz CT molecular complexity index is 466. The highest BCUT2D eigenvalue weighted by molar-refractivity contribution is 9.10. The Labute approximate surface area is 125 Å². The lowest BCUT2D eigenvalue weighted by molar-refractivity contribution is 0.0701. The van der Waals surface area contributed by atoms with E-state index in [0.29, 0.717) is 23.0 Å². The molecule has 2 nitrogen and oxygen atoms in total. The minimum atomic E-state index is -0.0427. The fraction of sp³-hybridized carbons (Fsp3) is 0.462. The number of halogens is 3. The van der Waals surface area contributed by atoms with E-state index in [9.17, 15) is 4.79 Å². The Morgan fingerprint density at radius 2 is 2.22 bits per heavy atom. The molecule has 1 aromatic rings. The highest BCUT2D eigenvalue weighted by atomic mass is 79.9. The monoisotopic (exact) mass is 349 g/mol. The van der Waals surface area contributed by atoms with Crippen molar-refractivity contribution in [1.29, 1.82) is 0 Å². The highest BCUT2D eigenvalue weighted by Crippen LogP contribution is 2.26. The SMILES string of the molecule is CC1CCN(C(=O)c2cc(Br)ccc2Cl)CC1Cl. The van der Waals surface area contributed by atoms with E-state index in [1.807, 2.05) is 6.07 Å². The third-order valence-electron chi connectivity index (χ3n) is 3.31. The second-order valence-electron chi connectivity index (χ2n) is 4.66. The van der Waals surface area contributed by atoms with Crippen molar-refractivity contribution in [3.63, 3.8) is 0 Å². The van der Waals surface area contributed by atoms with Gasteiger partial charge in [-0.2, -0.15) is 0 Å². The Morgan fingerprint density at radius 1 is 1.50 bits per heavy atom. The third kappa shape index (κ3) is 3.01. The minimum Gasteiger partial charge on any atom is -0.337 e. The molecular formula is C13H14BrCl2NO. The fourth-order valence-electron chi connectivity index (χ4n) is 2.04. The minimum absolute atomic E-state index is 0.0219. The molecule has 1 fully saturated rings. The van der Waals surface area contributed by atoms with Gasteiger partial charge in [0.2, 0.25) is 0 Å². The van der Waals surface area contributed by atoms with Crippen LogP contribution >= 0.6 is 39.1 Å². The Balaban J connectivity index is 2.19. The van der Waals surface area contributed by atoms with Crippen molar-refractivity contribution in [2.75, 3.05) is 13.1 Å². The topological polar surface area (TPSA) is 20.3 Å². The molecule has 1 saturated heterocycles. The molecule has 0 aliphatic carbocycles. The molecule has 1 amide bonds. The lowest BCUT2D eigenvalue weighted by Gasteiger charge is -2.34. The van der Waals surface area contributed by atoms with Gasteiger partial charge in [-0.3, -0.25) is 4.79 Å². The van der Waals surface area contributed by atoms with E-state index in [0.717, 1.165) is 17.4 Å². The number of alkyl halides is 1. The summed E-state index contributed by atoms with van der Waals surface area (Å²) in [5.41, 5.74) is 0.532. The molecule has 1 aliphatic rings. The van der Waals surface area contributed by atoms with Gasteiger partial charge in [0.05, 0.1) is 16.0 Å². The van der Waals surface area contributed by atoms with E-state index < -0.39 is 0 Å². The molecule has 0 aromatic heterocycles. The normalized spacial score (nSPS) is 24.1. The predicted octanol–water partition coefficient (Wildman–Crippen LogP) is 4.19. The van der Waals surface area contributed by atoms with Crippen molar-refractivity contribution in [2.24, 2.45) is 5.92 Å². The van der Waals surface area contributed by atoms with Gasteiger partial charge in [-0.25, -0.2) is 0 Å². The summed E-state index contributed by atoms with van der Waals surface area (Å²) in [6, 6.07) is 5.30. The van der Waals surface area contributed by atoms with Crippen LogP contribution in [0.15, 0.2) is 22.7 Å². The number of hydrogen-bond acceptors (Lipinski definition) is 1. The molecule has 2 rings (SSSR count). The maximum absolute atomic E-state index is 12.4. The first kappa shape index (κ1) is 14.2. The van der Waals surface area contributed by atoms with Gasteiger partial charge in [0.25, 0.3) is 5.91 Å². The molecule has 0 saturated carbocycles. The molecule has 0 N–H and O–H groups in total. The van der Waals surface area contributed by atoms with Crippen LogP contribution in [0.3, 0.4) is 0 Å². The molecule has 1 heterocycles. The standard InChI is InChI=1S/C13H14BrCl2NO/c1-8-4-5-17(7-12(8)16)13(18)10-6-9(14)2-3-11(10)15/h2-3,6,8,12H,4-5,7H2,1H3. The van der Waals surface area contributed by atoms with Crippen LogP contribution < -0.4 is 0 Å². The Kier molecular flexibility index (Phi) is 4.57. The van der Waals surface area contributed by atoms with Gasteiger partial charge in [-0.05, 0) is 30.5 Å². The number of rotatable bonds is 1. The summed E-state index contributed by atoms with van der Waals surface area (Å²) in [6.45, 7) is 3.45. The molecule has 2 atom stereocenters. The van der Waals surface area contributed by atoms with Crippen molar-refractivity contribution in [3.05, 3.63) is 33.3 Å². The van der Waals surface area contributed by atoms with Crippen LogP contribution in [0.4, 0.5) is 0 Å². The summed E-state index contributed by atoms with van der Waals surface area (Å²) in [5, 5.41) is 0.501. The largest absolute Gasteiger partial charge is 0.337 e. The number of amides is 1. The average Bonchev–Trinajstić information content (AvgIpc) is 2.35. The van der Waals surface area contributed by atoms with Crippen LogP contribution in [0.2, 0.25) is 5.02 Å². The average molecular weight is 351 g/mol. The predicted molar refractivity (Wildman–Crippen MR) is 78.5 cm³/mol. The van der Waals surface area contributed by atoms with Crippen molar-refractivity contribution in [1.82, 2.24) is 4.90 Å². The number of hydrogen-bond donors (Lipinski definition) is 0. The number of piperidine rings is 1. The molecule has 0 radical (unpaired) electrons. The summed E-state index contributed by atoms with van der Waals surface area (Å²) >= 11 is 15.7. The molecule has 2 unspecified atom stereocenters. The van der Waals surface area contributed by atoms with Crippen molar-refractivity contribution in [3.8, 4) is 0 Å². The number of carbonyl (C=O) groups excluding carboxylic acids is 1. The van der Waals surface area contributed by atoms with E-state index in [-0.39, 0.29) is 11.3 Å². The van der Waals surface area contributed by atoms with Gasteiger partial charge >= 0.3 is 0 Å². The summed E-state index contributed by atoms with van der Waals surface area (Å²) in [5.74, 6) is 0.410. The number of carbonyl (C=O) groups is 1. The quantitative estimate of drug-likeness (QED) is 0.695. The lowest BCUT2D eigenvalue weighted by Crippen LogP contribution is -2.43. The van der Waals surface area contributed by atoms with E-state index in [2.05, 4.69) is 22.9 Å². The van der Waals surface area contributed by atoms with Gasteiger partial charge in [0, 0.05) is 17.6 Å². The first-order valence-corrected chi connectivity index (χ1v) is 7.48. The second-order valence-corrected chi connectivity index (χ2v) is 6.54. The Morgan fingerprint density at radius 3 is 2.89 bits per heavy atom. The molecule has 18 heavy (non-hydrogen) atoms. The smallest absolute Gasteiger partial charge is 0.255 e. The molecule has 0 spiro atoms. The zero-order chi connectivity index (χ0) is 13.3. The fourth-order valence-corrected chi connectivity index (χ4v) is 2.89. The van der Waals surface area contributed by atoms with Gasteiger partial charge in [-0.15, -0.1) is 11.6 Å². The summed E-state index contributed by atoms with van der Waals surface area (Å²) < 4.78 is 0.850. The van der Waals surface area contributed by atoms with E-state index in [4.69, 9.17) is 23.2 Å². The van der Waals surface area contributed by atoms with Gasteiger partial charge in [0.15, 0.2) is 0 Å². The van der Waals surface area contributed by atoms with Crippen LogP contribution in [0.5, 0.6) is 0 Å². The highest BCUT2D eigenvalue weighted by Gasteiger charge is 2.28. The number of likely N-dealkylation sites (tertiary alicyclic amines) is 1. The second kappa shape index (κ2) is 5.81. The van der Waals surface area contributed by atoms with Gasteiger partial charge in [-0.1, -0.05) is 34.5 Å². The molecular weight excluding hydrogens is 337 g/mol. The van der Waals surface area contributed by atoms with Crippen LogP contribution in [0.25, 0.3) is 0 Å². The maximum Gasteiger partial charge on any atom is 0.255 e. The van der Waals surface area contributed by atoms with Crippen molar-refractivity contribution < 1.29 is 4.79 Å². The Hall–Kier alpha value is -0.250. The number of nitrogens with zero attached hydrogens (tertiary/aromatic N) is 1. The van der Waals surface area contributed by atoms with E-state index in [1.165, 1.54) is 0 Å². The van der Waals surface area contributed by atoms with Crippen molar-refractivity contribution in [2.45, 2.75) is 18.7 Å². The molecule has 98 valence electrons. The van der Waals surface area contributed by atoms with Crippen LogP contribution in [-0.2, 0) is 0 Å². The molecule has 1 aromatic carbocycles. The molecule has 1 aliphatic heterocycles. The van der Waals surface area contributed by atoms with Crippen LogP contribution in [-0.4, -0.2) is 29.3 Å². The van der Waals surface area contributed by atoms with Crippen LogP contribution in [0, 0.1) is 5.92 Å². The van der Waals surface area contributed by atoms with Crippen molar-refractivity contribution >= 4 is 45.0 Å². The van der Waals surface area contributed by atoms with Gasteiger partial charge in [0.1, 0.15) is 0 Å².